The summed E-state index contributed by atoms with van der Waals surface area (Å²) in [7, 11) is 1.98. The summed E-state index contributed by atoms with van der Waals surface area (Å²) in [5.41, 5.74) is 0. The Hall–Kier alpha value is -0.950. The Morgan fingerprint density at radius 2 is 2.14 bits per heavy atom. The predicted molar refractivity (Wildman–Crippen MR) is 82.3 cm³/mol. The zero-order valence-corrected chi connectivity index (χ0v) is 13.3. The van der Waals surface area contributed by atoms with Crippen molar-refractivity contribution in [3.8, 4) is 0 Å². The summed E-state index contributed by atoms with van der Waals surface area (Å²) >= 11 is 0. The topological polar surface area (TPSA) is 68.5 Å². The normalized spacial score (nSPS) is 12.7. The Kier molecular flexibility index (Phi) is 10.1. The van der Waals surface area contributed by atoms with Crippen LogP contribution in [-0.2, 0) is 22.9 Å². The summed E-state index contributed by atoms with van der Waals surface area (Å²) in [5.74, 6) is 1.04. The zero-order chi connectivity index (χ0) is 15.3. The minimum absolute atomic E-state index is 0.340. The molecule has 0 aromatic carbocycles. The molecule has 0 amide bonds. The van der Waals surface area contributed by atoms with Crippen molar-refractivity contribution in [1.82, 2.24) is 14.9 Å². The molecule has 0 saturated heterocycles. The monoisotopic (exact) mass is 299 g/mol. The Bertz CT molecular complexity index is 358. The summed E-state index contributed by atoms with van der Waals surface area (Å²) < 4.78 is 12.7. The van der Waals surface area contributed by atoms with E-state index in [0.29, 0.717) is 26.4 Å². The molecule has 1 atom stereocenters. The van der Waals surface area contributed by atoms with Gasteiger partial charge in [-0.05, 0) is 6.42 Å². The van der Waals surface area contributed by atoms with Crippen molar-refractivity contribution in [1.29, 1.82) is 0 Å². The number of aryl methyl sites for hydroxylation is 1. The summed E-state index contributed by atoms with van der Waals surface area (Å²) in [6.45, 7) is 5.72. The predicted octanol–water partition coefficient (Wildman–Crippen LogP) is 0.746. The molecule has 0 aliphatic rings. The largest absolute Gasteiger partial charge is 0.389 e. The number of aromatic nitrogens is 2. The maximum Gasteiger partial charge on any atom is 0.109 e. The molecular formula is C15H29N3O3. The van der Waals surface area contributed by atoms with E-state index in [9.17, 15) is 5.11 Å². The van der Waals surface area contributed by atoms with Gasteiger partial charge in [0.2, 0.25) is 0 Å². The lowest BCUT2D eigenvalue weighted by Gasteiger charge is -2.12. The highest BCUT2D eigenvalue weighted by Gasteiger charge is 2.04. The van der Waals surface area contributed by atoms with Gasteiger partial charge in [0.15, 0.2) is 0 Å². The summed E-state index contributed by atoms with van der Waals surface area (Å²) in [5, 5.41) is 13.0. The van der Waals surface area contributed by atoms with E-state index in [0.717, 1.165) is 38.2 Å². The van der Waals surface area contributed by atoms with Gasteiger partial charge in [-0.1, -0.05) is 13.3 Å². The molecule has 0 spiro atoms. The SMILES string of the molecule is CCCCOCCOCC(O)CNCCc1nccn1C. The minimum atomic E-state index is -0.484. The van der Waals surface area contributed by atoms with Crippen LogP contribution < -0.4 is 5.32 Å². The second-order valence-corrected chi connectivity index (χ2v) is 5.10. The van der Waals surface area contributed by atoms with Crippen LogP contribution in [0.2, 0.25) is 0 Å². The maximum absolute atomic E-state index is 9.75. The number of unbranched alkanes of at least 4 members (excludes halogenated alkanes) is 1. The summed E-state index contributed by atoms with van der Waals surface area (Å²) in [6, 6.07) is 0. The van der Waals surface area contributed by atoms with Crippen LogP contribution in [0.4, 0.5) is 0 Å². The number of hydrogen-bond acceptors (Lipinski definition) is 5. The minimum Gasteiger partial charge on any atom is -0.389 e. The van der Waals surface area contributed by atoms with Gasteiger partial charge < -0.3 is 24.5 Å². The molecule has 0 aliphatic heterocycles. The Morgan fingerprint density at radius 1 is 1.33 bits per heavy atom. The molecule has 0 radical (unpaired) electrons. The van der Waals surface area contributed by atoms with Crippen molar-refractivity contribution in [2.24, 2.45) is 7.05 Å². The van der Waals surface area contributed by atoms with Crippen LogP contribution in [-0.4, -0.2) is 60.3 Å². The lowest BCUT2D eigenvalue weighted by atomic mass is 10.3. The quantitative estimate of drug-likeness (QED) is 0.526. The van der Waals surface area contributed by atoms with E-state index in [2.05, 4.69) is 17.2 Å². The molecule has 21 heavy (non-hydrogen) atoms. The molecule has 1 aromatic rings. The number of hydrogen-bond donors (Lipinski definition) is 2. The molecule has 1 aromatic heterocycles. The van der Waals surface area contributed by atoms with Crippen LogP contribution in [0.5, 0.6) is 0 Å². The molecule has 1 heterocycles. The standard InChI is InChI=1S/C15H29N3O3/c1-3-4-9-20-10-11-21-13-14(19)12-16-6-5-15-17-7-8-18(15)2/h7-8,14,16,19H,3-6,9-13H2,1-2H3. The third kappa shape index (κ3) is 8.83. The van der Waals surface area contributed by atoms with E-state index >= 15 is 0 Å². The zero-order valence-electron chi connectivity index (χ0n) is 13.3. The summed E-state index contributed by atoms with van der Waals surface area (Å²) in [4.78, 5) is 4.25. The van der Waals surface area contributed by atoms with Crippen LogP contribution in [0.15, 0.2) is 12.4 Å². The molecule has 0 fully saturated rings. The van der Waals surface area contributed by atoms with Crippen LogP contribution in [0.25, 0.3) is 0 Å². The van der Waals surface area contributed by atoms with Gasteiger partial charge >= 0.3 is 0 Å². The van der Waals surface area contributed by atoms with Gasteiger partial charge in [0.25, 0.3) is 0 Å². The van der Waals surface area contributed by atoms with E-state index in [1.54, 1.807) is 6.20 Å². The van der Waals surface area contributed by atoms with Crippen LogP contribution in [0, 0.1) is 0 Å². The van der Waals surface area contributed by atoms with E-state index in [1.165, 1.54) is 0 Å². The van der Waals surface area contributed by atoms with Gasteiger partial charge in [0.05, 0.1) is 25.9 Å². The van der Waals surface area contributed by atoms with E-state index < -0.39 is 6.10 Å². The van der Waals surface area contributed by atoms with Crippen molar-refractivity contribution in [2.45, 2.75) is 32.3 Å². The van der Waals surface area contributed by atoms with E-state index in [1.807, 2.05) is 17.8 Å². The average Bonchev–Trinajstić information content (AvgIpc) is 2.88. The Morgan fingerprint density at radius 3 is 2.86 bits per heavy atom. The van der Waals surface area contributed by atoms with Crippen LogP contribution >= 0.6 is 0 Å². The second kappa shape index (κ2) is 11.7. The third-order valence-electron chi connectivity index (χ3n) is 3.15. The molecule has 0 saturated carbocycles. The van der Waals surface area contributed by atoms with Gasteiger partial charge in [-0.25, -0.2) is 4.98 Å². The number of ether oxygens (including phenoxy) is 2. The molecular weight excluding hydrogens is 270 g/mol. The molecule has 0 bridgehead atoms. The van der Waals surface area contributed by atoms with E-state index in [-0.39, 0.29) is 0 Å². The summed E-state index contributed by atoms with van der Waals surface area (Å²) in [6.07, 6.45) is 6.32. The van der Waals surface area contributed by atoms with Crippen molar-refractivity contribution in [3.63, 3.8) is 0 Å². The molecule has 122 valence electrons. The van der Waals surface area contributed by atoms with Crippen molar-refractivity contribution in [3.05, 3.63) is 18.2 Å². The Labute approximate surface area is 127 Å². The number of aliphatic hydroxyl groups is 1. The third-order valence-corrected chi connectivity index (χ3v) is 3.15. The smallest absolute Gasteiger partial charge is 0.109 e. The van der Waals surface area contributed by atoms with Gasteiger partial charge in [0, 0.05) is 45.6 Å². The first kappa shape index (κ1) is 18.1. The van der Waals surface area contributed by atoms with Gasteiger partial charge in [-0.2, -0.15) is 0 Å². The number of nitrogens with one attached hydrogen (secondary N) is 1. The van der Waals surface area contributed by atoms with E-state index in [4.69, 9.17) is 9.47 Å². The fourth-order valence-electron chi connectivity index (χ4n) is 1.85. The Balaban J connectivity index is 1.89. The van der Waals surface area contributed by atoms with Gasteiger partial charge in [-0.3, -0.25) is 0 Å². The highest BCUT2D eigenvalue weighted by atomic mass is 16.5. The average molecular weight is 299 g/mol. The van der Waals surface area contributed by atoms with Crippen molar-refractivity contribution in [2.75, 3.05) is 39.5 Å². The molecule has 1 rings (SSSR count). The van der Waals surface area contributed by atoms with Crippen LogP contribution in [0.1, 0.15) is 25.6 Å². The first-order chi connectivity index (χ1) is 10.2. The lowest BCUT2D eigenvalue weighted by molar-refractivity contribution is 0.00400. The van der Waals surface area contributed by atoms with Gasteiger partial charge in [-0.15, -0.1) is 0 Å². The molecule has 1 unspecified atom stereocenters. The van der Waals surface area contributed by atoms with Crippen molar-refractivity contribution < 1.29 is 14.6 Å². The molecule has 2 N–H and O–H groups in total. The fraction of sp³-hybridized carbons (Fsp3) is 0.800. The molecule has 6 nitrogen and oxygen atoms in total. The lowest BCUT2D eigenvalue weighted by Crippen LogP contribution is -2.32. The highest BCUT2D eigenvalue weighted by molar-refractivity contribution is 4.91. The van der Waals surface area contributed by atoms with Crippen molar-refractivity contribution >= 4 is 0 Å². The second-order valence-electron chi connectivity index (χ2n) is 5.10. The highest BCUT2D eigenvalue weighted by Crippen LogP contribution is 1.94. The molecule has 6 heteroatoms. The number of nitrogens with zero attached hydrogens (tertiary/aromatic N) is 2. The number of imidazole rings is 1. The maximum atomic E-state index is 9.75. The molecule has 0 aliphatic carbocycles. The first-order valence-corrected chi connectivity index (χ1v) is 7.74. The first-order valence-electron chi connectivity index (χ1n) is 7.74. The van der Waals surface area contributed by atoms with Gasteiger partial charge in [0.1, 0.15) is 5.82 Å². The number of rotatable bonds is 13. The fourth-order valence-corrected chi connectivity index (χ4v) is 1.85. The number of aliphatic hydroxyl groups excluding tert-OH is 1. The van der Waals surface area contributed by atoms with Crippen LogP contribution in [0.3, 0.4) is 0 Å².